The number of carbonyl (C=O) groups is 1. The minimum atomic E-state index is -0.474. The first-order chi connectivity index (χ1) is 24.5. The number of benzene rings is 3. The molecule has 0 aliphatic rings. The van der Waals surface area contributed by atoms with Crippen molar-refractivity contribution in [2.24, 2.45) is 11.0 Å². The summed E-state index contributed by atoms with van der Waals surface area (Å²) in [6.45, 7) is 12.7. The van der Waals surface area contributed by atoms with E-state index in [1.807, 2.05) is 26.0 Å². The summed E-state index contributed by atoms with van der Waals surface area (Å²) >= 11 is 0. The number of aromatic amines is 2. The molecule has 274 valence electrons. The number of hydrogen-bond acceptors (Lipinski definition) is 11. The molecule has 5 N–H and O–H groups in total. The summed E-state index contributed by atoms with van der Waals surface area (Å²) in [5, 5.41) is 31.0. The van der Waals surface area contributed by atoms with Gasteiger partial charge in [-0.15, -0.1) is 0 Å². The van der Waals surface area contributed by atoms with Crippen molar-refractivity contribution < 1.29 is 19.4 Å². The lowest BCUT2D eigenvalue weighted by Crippen LogP contribution is -2.22. The van der Waals surface area contributed by atoms with Crippen LogP contribution in [-0.4, -0.2) is 47.7 Å². The molecule has 0 aliphatic heterocycles. The Kier molecular flexibility index (Phi) is 13.5. The number of esters is 1. The van der Waals surface area contributed by atoms with Crippen LogP contribution in [0.25, 0.3) is 11.4 Å². The van der Waals surface area contributed by atoms with Gasteiger partial charge in [-0.2, -0.15) is 5.10 Å². The minimum absolute atomic E-state index is 0.00167. The number of nitro groups is 2. The second-order valence-electron chi connectivity index (χ2n) is 11.5. The number of hydrazone groups is 1. The van der Waals surface area contributed by atoms with Gasteiger partial charge in [0.2, 0.25) is 0 Å². The number of H-pyrrole nitrogens is 2. The number of aromatic nitrogens is 4. The predicted molar refractivity (Wildman–Crippen MR) is 198 cm³/mol. The Balaban J connectivity index is 0.000000212. The smallest absolute Gasteiger partial charge is 0.314 e. The Morgan fingerprint density at radius 3 is 1.58 bits per heavy atom. The summed E-state index contributed by atoms with van der Waals surface area (Å²) < 4.78 is 7.78. The van der Waals surface area contributed by atoms with E-state index in [0.29, 0.717) is 34.9 Å². The average molecular weight is 716 g/mol. The van der Waals surface area contributed by atoms with Crippen molar-refractivity contribution in [3.8, 4) is 11.4 Å². The molecular weight excluding hydrogens is 674 g/mol. The van der Waals surface area contributed by atoms with E-state index in [1.165, 1.54) is 45.8 Å². The molecule has 3 aromatic carbocycles. The Labute approximate surface area is 298 Å². The number of carbonyl (C=O) groups excluding carboxylic acids is 1. The fourth-order valence-corrected chi connectivity index (χ4v) is 4.32. The third-order valence-electron chi connectivity index (χ3n) is 7.91. The molecule has 2 aromatic heterocycles. The highest BCUT2D eigenvalue weighted by Crippen LogP contribution is 2.16. The van der Waals surface area contributed by atoms with E-state index in [9.17, 15) is 34.6 Å². The van der Waals surface area contributed by atoms with Crippen LogP contribution in [-0.2, 0) is 9.53 Å². The van der Waals surface area contributed by atoms with Gasteiger partial charge in [0.05, 0.1) is 39.4 Å². The van der Waals surface area contributed by atoms with E-state index in [1.54, 1.807) is 58.9 Å². The first-order valence-corrected chi connectivity index (χ1v) is 15.9. The van der Waals surface area contributed by atoms with Gasteiger partial charge in [-0.1, -0.05) is 0 Å². The van der Waals surface area contributed by atoms with Crippen molar-refractivity contribution in [3.63, 3.8) is 0 Å². The van der Waals surface area contributed by atoms with Crippen LogP contribution in [0.1, 0.15) is 43.3 Å². The second-order valence-corrected chi connectivity index (χ2v) is 11.5. The highest BCUT2D eigenvalue weighted by Gasteiger charge is 2.17. The Bertz CT molecular complexity index is 2160. The predicted octanol–water partition coefficient (Wildman–Crippen LogP) is 5.64. The van der Waals surface area contributed by atoms with Crippen LogP contribution in [0.4, 0.5) is 22.7 Å². The number of nitrogens with one attached hydrogen (secondary N) is 3. The zero-order valence-corrected chi connectivity index (χ0v) is 29.8. The number of aryl methyl sites for hydroxylation is 2. The Morgan fingerprint density at radius 2 is 1.21 bits per heavy atom. The molecule has 5 rings (SSSR count). The molecule has 1 unspecified atom stereocenters. The van der Waals surface area contributed by atoms with Crippen molar-refractivity contribution in [2.75, 3.05) is 17.8 Å². The summed E-state index contributed by atoms with van der Waals surface area (Å²) in [7, 11) is 0. The van der Waals surface area contributed by atoms with Crippen LogP contribution < -0.4 is 22.3 Å². The molecule has 17 heteroatoms. The van der Waals surface area contributed by atoms with Gasteiger partial charge < -0.3 is 10.5 Å². The maximum atomic E-state index is 11.8. The van der Waals surface area contributed by atoms with Crippen molar-refractivity contribution in [3.05, 3.63) is 136 Å². The van der Waals surface area contributed by atoms with Crippen LogP contribution in [0.2, 0.25) is 0 Å². The molecule has 0 amide bonds. The van der Waals surface area contributed by atoms with Gasteiger partial charge in [-0.25, -0.2) is 9.36 Å². The highest BCUT2D eigenvalue weighted by atomic mass is 16.6. The quantitative estimate of drug-likeness (QED) is 0.0482. The number of nitrogens with two attached hydrogens (primary N) is 1. The summed E-state index contributed by atoms with van der Waals surface area (Å²) in [6.07, 6.45) is 0. The minimum Gasteiger partial charge on any atom is -0.465 e. The molecule has 0 saturated carbocycles. The Hall–Kier alpha value is -6.78. The van der Waals surface area contributed by atoms with Crippen molar-refractivity contribution in [1.82, 2.24) is 19.6 Å². The zero-order valence-electron chi connectivity index (χ0n) is 29.8. The summed E-state index contributed by atoms with van der Waals surface area (Å²) in [6, 6.07) is 18.8. The highest BCUT2D eigenvalue weighted by molar-refractivity contribution is 6.00. The summed E-state index contributed by atoms with van der Waals surface area (Å²) in [4.78, 5) is 55.2. The maximum Gasteiger partial charge on any atom is 0.314 e. The molecule has 2 heterocycles. The van der Waals surface area contributed by atoms with E-state index in [0.717, 1.165) is 22.6 Å². The van der Waals surface area contributed by atoms with Gasteiger partial charge in [0.15, 0.2) is 0 Å². The van der Waals surface area contributed by atoms with Gasteiger partial charge in [0, 0.05) is 58.2 Å². The van der Waals surface area contributed by atoms with Gasteiger partial charge in [0.1, 0.15) is 0 Å². The van der Waals surface area contributed by atoms with E-state index in [4.69, 9.17) is 10.5 Å². The standard InChI is InChI=1S/C13H17N3O4.C11H11N3O3.C11H13N3O/c1-4-20-13(17)9(2)10(3)14-15-11-5-7-12(8-6-11)16(18)19;1-7-8(2)12-13(11(7)15)9-3-5-10(6-4-9)14(16)17;1-7-8(2)13-14(11(7)15)10-5-3-9(12)4-6-10/h5-9,15H,4H2,1-3H3;3-6,12H,1-2H3;3-6,13H,12H2,1-2H3. The number of non-ortho nitro benzene ring substituents is 2. The first kappa shape index (κ1) is 39.7. The van der Waals surface area contributed by atoms with E-state index in [-0.39, 0.29) is 28.5 Å². The molecule has 0 fully saturated rings. The van der Waals surface area contributed by atoms with Crippen molar-refractivity contribution in [1.29, 1.82) is 0 Å². The van der Waals surface area contributed by atoms with Crippen LogP contribution >= 0.6 is 0 Å². The monoisotopic (exact) mass is 715 g/mol. The van der Waals surface area contributed by atoms with Crippen molar-refractivity contribution >= 4 is 34.4 Å². The van der Waals surface area contributed by atoms with E-state index >= 15 is 0 Å². The summed E-state index contributed by atoms with van der Waals surface area (Å²) in [5.74, 6) is -0.778. The van der Waals surface area contributed by atoms with Crippen molar-refractivity contribution in [2.45, 2.75) is 48.5 Å². The molecule has 0 aliphatic carbocycles. The van der Waals surface area contributed by atoms with Gasteiger partial charge in [-0.3, -0.25) is 50.2 Å². The fraction of sp³-hybridized carbons (Fsp3) is 0.257. The number of anilines is 2. The molecule has 52 heavy (non-hydrogen) atoms. The van der Waals surface area contributed by atoms with Crippen LogP contribution in [0.3, 0.4) is 0 Å². The first-order valence-electron chi connectivity index (χ1n) is 15.9. The molecule has 0 spiro atoms. The molecular formula is C35H41N9O8. The molecule has 0 radical (unpaired) electrons. The normalized spacial score (nSPS) is 11.3. The van der Waals surface area contributed by atoms with Crippen LogP contribution in [0.15, 0.2) is 87.5 Å². The zero-order chi connectivity index (χ0) is 38.7. The SMILES string of the molecule is CCOC(=O)C(C)C(C)=NNc1ccc([N+](=O)[O-])cc1.Cc1[nH]n(-c2ccc(N)cc2)c(=O)c1C.Cc1[nH]n(-c2ccc([N+](=O)[O-])cc2)c(=O)c1C. The molecule has 0 bridgehead atoms. The lowest BCUT2D eigenvalue weighted by molar-refractivity contribution is -0.385. The van der Waals surface area contributed by atoms with Gasteiger partial charge >= 0.3 is 5.97 Å². The number of ether oxygens (including phenoxy) is 1. The lowest BCUT2D eigenvalue weighted by Gasteiger charge is -2.10. The van der Waals surface area contributed by atoms with Crippen LogP contribution in [0, 0.1) is 53.8 Å². The topological polar surface area (TPSA) is 239 Å². The van der Waals surface area contributed by atoms with E-state index < -0.39 is 15.8 Å². The number of nitrogen functional groups attached to an aromatic ring is 1. The third kappa shape index (κ3) is 10.1. The second kappa shape index (κ2) is 17.7. The van der Waals surface area contributed by atoms with Gasteiger partial charge in [0.25, 0.3) is 22.5 Å². The fourth-order valence-electron chi connectivity index (χ4n) is 4.32. The average Bonchev–Trinajstić information content (AvgIpc) is 3.54. The van der Waals surface area contributed by atoms with Crippen LogP contribution in [0.5, 0.6) is 0 Å². The maximum absolute atomic E-state index is 11.8. The molecule has 5 aromatic rings. The van der Waals surface area contributed by atoms with Gasteiger partial charge in [-0.05, 0) is 97.0 Å². The number of hydrogen-bond donors (Lipinski definition) is 4. The molecule has 1 atom stereocenters. The summed E-state index contributed by atoms with van der Waals surface area (Å²) in [5.41, 5.74) is 14.5. The number of nitrogens with zero attached hydrogens (tertiary/aromatic N) is 5. The number of rotatable bonds is 9. The molecule has 0 saturated heterocycles. The Morgan fingerprint density at radius 1 is 0.808 bits per heavy atom. The largest absolute Gasteiger partial charge is 0.465 e. The number of nitro benzene ring substituents is 2. The molecule has 17 nitrogen and oxygen atoms in total. The third-order valence-corrected chi connectivity index (χ3v) is 7.91. The lowest BCUT2D eigenvalue weighted by atomic mass is 10.1. The van der Waals surface area contributed by atoms with E-state index in [2.05, 4.69) is 20.7 Å².